The Kier molecular flexibility index (Phi) is 4.97. The lowest BCUT2D eigenvalue weighted by molar-refractivity contribution is 0.368. The number of rotatable bonds is 2. The second-order valence-electron chi connectivity index (χ2n) is 2.48. The van der Waals surface area contributed by atoms with Gasteiger partial charge in [0.15, 0.2) is 0 Å². The molecule has 2 nitrogen and oxygen atoms in total. The molecule has 0 radical (unpaired) electrons. The van der Waals surface area contributed by atoms with Gasteiger partial charge < -0.3 is 21.8 Å². The van der Waals surface area contributed by atoms with Gasteiger partial charge in [-0.15, -0.1) is 6.58 Å². The minimum absolute atomic E-state index is 0.354. The van der Waals surface area contributed by atoms with Crippen molar-refractivity contribution >= 4 is 7.25 Å². The Hall–Kier alpha value is -1.27. The second-order valence-corrected chi connectivity index (χ2v) is 2.48. The van der Waals surface area contributed by atoms with E-state index in [4.69, 9.17) is 0 Å². The molecule has 1 rings (SSSR count). The van der Waals surface area contributed by atoms with Gasteiger partial charge in [0.1, 0.15) is 0 Å². The number of aromatic nitrogens is 2. The summed E-state index contributed by atoms with van der Waals surface area (Å²) in [4.78, 5) is 3.91. The third-order valence-corrected chi connectivity index (χ3v) is 1.34. The van der Waals surface area contributed by atoms with Crippen molar-refractivity contribution in [3.8, 4) is 0 Å². The summed E-state index contributed by atoms with van der Waals surface area (Å²) in [6.07, 6.45) is 7.35. The maximum Gasteiger partial charge on any atom is 0.673 e. The van der Waals surface area contributed by atoms with Gasteiger partial charge in [0, 0.05) is 18.4 Å². The molecule has 14 heavy (non-hydrogen) atoms. The Labute approximate surface area is 79.4 Å². The van der Waals surface area contributed by atoms with Crippen molar-refractivity contribution in [3.63, 3.8) is 0 Å². The van der Waals surface area contributed by atoms with Crippen LogP contribution in [0.5, 0.6) is 0 Å². The summed E-state index contributed by atoms with van der Waals surface area (Å²) < 4.78 is 41.0. The summed E-state index contributed by atoms with van der Waals surface area (Å²) in [5.74, 6) is 0. The Morgan fingerprint density at radius 2 is 1.93 bits per heavy atom. The molecular formula is C7H10BF4N2-. The van der Waals surface area contributed by atoms with E-state index in [1.807, 2.05) is 16.8 Å². The molecule has 0 aliphatic heterocycles. The molecule has 0 aromatic carbocycles. The minimum atomic E-state index is -6.00. The third kappa shape index (κ3) is 7.39. The number of halogens is 4. The number of nitrogens with zero attached hydrogens (tertiary/aromatic N) is 2. The summed E-state index contributed by atoms with van der Waals surface area (Å²) in [6, 6.07) is 0.354. The van der Waals surface area contributed by atoms with Crippen molar-refractivity contribution < 1.29 is 17.3 Å². The Bertz CT molecular complexity index is 251. The van der Waals surface area contributed by atoms with Gasteiger partial charge in [0.2, 0.25) is 0 Å². The first-order valence-corrected chi connectivity index (χ1v) is 3.82. The monoisotopic (exact) mass is 209 g/mol. The lowest BCUT2D eigenvalue weighted by atomic mass is 10.3. The molecule has 80 valence electrons. The molecule has 0 N–H and O–H groups in total. The molecule has 1 atom stereocenters. The SMILES string of the molecule is C=CC(C)n1ccnc1.F[B-](F)(F)F. The van der Waals surface area contributed by atoms with Crippen LogP contribution >= 0.6 is 0 Å². The van der Waals surface area contributed by atoms with E-state index in [1.54, 1.807) is 12.5 Å². The smallest absolute Gasteiger partial charge is 0.418 e. The molecule has 1 unspecified atom stereocenters. The predicted molar refractivity (Wildman–Crippen MR) is 47.3 cm³/mol. The summed E-state index contributed by atoms with van der Waals surface area (Å²) >= 11 is 0. The van der Waals surface area contributed by atoms with Crippen LogP contribution in [0.25, 0.3) is 0 Å². The minimum Gasteiger partial charge on any atom is -0.418 e. The number of hydrogen-bond acceptors (Lipinski definition) is 1. The Balaban J connectivity index is 0.000000292. The van der Waals surface area contributed by atoms with Gasteiger partial charge in [0.05, 0.1) is 6.33 Å². The zero-order chi connectivity index (χ0) is 11.2. The van der Waals surface area contributed by atoms with Crippen LogP contribution in [0.15, 0.2) is 31.4 Å². The maximum absolute atomic E-state index is 9.75. The molecule has 1 aromatic rings. The van der Waals surface area contributed by atoms with Gasteiger partial charge in [-0.25, -0.2) is 4.98 Å². The Morgan fingerprint density at radius 1 is 1.43 bits per heavy atom. The van der Waals surface area contributed by atoms with E-state index >= 15 is 0 Å². The lowest BCUT2D eigenvalue weighted by Gasteiger charge is -2.04. The van der Waals surface area contributed by atoms with Gasteiger partial charge in [0.25, 0.3) is 0 Å². The van der Waals surface area contributed by atoms with Crippen molar-refractivity contribution in [3.05, 3.63) is 31.4 Å². The molecule has 0 bridgehead atoms. The summed E-state index contributed by atoms with van der Waals surface area (Å²) in [6.45, 7) is 5.73. The highest BCUT2D eigenvalue weighted by Gasteiger charge is 2.20. The van der Waals surface area contributed by atoms with E-state index in [2.05, 4.69) is 18.5 Å². The number of allylic oxidation sites excluding steroid dienone is 1. The molecule has 0 aliphatic carbocycles. The van der Waals surface area contributed by atoms with Crippen LogP contribution in [-0.2, 0) is 0 Å². The first kappa shape index (κ1) is 12.7. The number of hydrogen-bond donors (Lipinski definition) is 0. The normalized spacial score (nSPS) is 12.6. The Morgan fingerprint density at radius 3 is 2.21 bits per heavy atom. The molecule has 0 saturated carbocycles. The summed E-state index contributed by atoms with van der Waals surface area (Å²) in [7, 11) is -6.00. The summed E-state index contributed by atoms with van der Waals surface area (Å²) in [5, 5.41) is 0. The van der Waals surface area contributed by atoms with E-state index in [1.165, 1.54) is 0 Å². The first-order chi connectivity index (χ1) is 6.34. The molecule has 7 heteroatoms. The van der Waals surface area contributed by atoms with Crippen molar-refractivity contribution in [2.75, 3.05) is 0 Å². The van der Waals surface area contributed by atoms with Gasteiger partial charge in [-0.05, 0) is 6.92 Å². The highest BCUT2D eigenvalue weighted by molar-refractivity contribution is 6.50. The van der Waals surface area contributed by atoms with Crippen LogP contribution in [0.4, 0.5) is 17.3 Å². The zero-order valence-corrected chi connectivity index (χ0v) is 7.58. The average Bonchev–Trinajstić information content (AvgIpc) is 2.51. The van der Waals surface area contributed by atoms with E-state index in [0.29, 0.717) is 6.04 Å². The van der Waals surface area contributed by atoms with Crippen LogP contribution in [0, 0.1) is 0 Å². The highest BCUT2D eigenvalue weighted by Crippen LogP contribution is 2.06. The average molecular weight is 209 g/mol. The quantitative estimate of drug-likeness (QED) is 0.416. The van der Waals surface area contributed by atoms with Gasteiger partial charge >= 0.3 is 7.25 Å². The highest BCUT2D eigenvalue weighted by atomic mass is 19.5. The van der Waals surface area contributed by atoms with E-state index in [-0.39, 0.29) is 0 Å². The fraction of sp³-hybridized carbons (Fsp3) is 0.286. The lowest BCUT2D eigenvalue weighted by Crippen LogP contribution is -2.02. The van der Waals surface area contributed by atoms with E-state index < -0.39 is 7.25 Å². The fourth-order valence-corrected chi connectivity index (χ4v) is 0.632. The topological polar surface area (TPSA) is 17.8 Å². The van der Waals surface area contributed by atoms with Gasteiger partial charge in [-0.1, -0.05) is 6.08 Å². The molecule has 0 amide bonds. The van der Waals surface area contributed by atoms with Crippen LogP contribution in [-0.4, -0.2) is 16.8 Å². The van der Waals surface area contributed by atoms with Gasteiger partial charge in [-0.3, -0.25) is 0 Å². The largest absolute Gasteiger partial charge is 0.673 e. The van der Waals surface area contributed by atoms with Crippen LogP contribution in [0.3, 0.4) is 0 Å². The van der Waals surface area contributed by atoms with Crippen molar-refractivity contribution in [1.29, 1.82) is 0 Å². The molecular weight excluding hydrogens is 199 g/mol. The fourth-order valence-electron chi connectivity index (χ4n) is 0.632. The number of imidazole rings is 1. The molecule has 0 fully saturated rings. The second kappa shape index (κ2) is 5.46. The first-order valence-electron chi connectivity index (χ1n) is 3.82. The van der Waals surface area contributed by atoms with Crippen molar-refractivity contribution in [2.24, 2.45) is 0 Å². The van der Waals surface area contributed by atoms with Crippen LogP contribution < -0.4 is 0 Å². The molecule has 1 heterocycles. The maximum atomic E-state index is 9.75. The zero-order valence-electron chi connectivity index (χ0n) is 7.58. The van der Waals surface area contributed by atoms with E-state index in [0.717, 1.165) is 0 Å². The predicted octanol–water partition coefficient (Wildman–Crippen LogP) is 2.93. The molecule has 1 aromatic heterocycles. The summed E-state index contributed by atoms with van der Waals surface area (Å²) in [5.41, 5.74) is 0. The molecule has 0 aliphatic rings. The van der Waals surface area contributed by atoms with Crippen molar-refractivity contribution in [1.82, 2.24) is 9.55 Å². The van der Waals surface area contributed by atoms with Crippen LogP contribution in [0.1, 0.15) is 13.0 Å². The standard InChI is InChI=1S/C7H10N2.BF4/c1-3-7(2)9-5-4-8-6-9;2-1(3,4)5/h3-7H,1H2,2H3;/q;-1. The third-order valence-electron chi connectivity index (χ3n) is 1.34. The van der Waals surface area contributed by atoms with Crippen molar-refractivity contribution in [2.45, 2.75) is 13.0 Å². The molecule has 0 saturated heterocycles. The van der Waals surface area contributed by atoms with E-state index in [9.17, 15) is 17.3 Å². The van der Waals surface area contributed by atoms with Crippen LogP contribution in [0.2, 0.25) is 0 Å². The van der Waals surface area contributed by atoms with Gasteiger partial charge in [-0.2, -0.15) is 0 Å². The molecule has 0 spiro atoms.